The monoisotopic (exact) mass is 325 g/mol. The van der Waals surface area contributed by atoms with Gasteiger partial charge in [0.2, 0.25) is 21.8 Å². The van der Waals surface area contributed by atoms with Crippen LogP contribution >= 0.6 is 0 Å². The summed E-state index contributed by atoms with van der Waals surface area (Å²) in [7, 11) is -0.897. The summed E-state index contributed by atoms with van der Waals surface area (Å²) in [5.41, 5.74) is 0.810. The van der Waals surface area contributed by atoms with Gasteiger partial charge in [-0.15, -0.1) is 0 Å². The minimum absolute atomic E-state index is 0.0101. The van der Waals surface area contributed by atoms with Crippen LogP contribution in [0.1, 0.15) is 13.3 Å². The quantitative estimate of drug-likeness (QED) is 0.883. The maximum absolute atomic E-state index is 12.8. The first-order valence-electron chi connectivity index (χ1n) is 6.86. The highest BCUT2D eigenvalue weighted by Crippen LogP contribution is 2.31. The summed E-state index contributed by atoms with van der Waals surface area (Å²) in [5.74, 6) is -0.752. The number of para-hydroxylation sites is 2. The average molecular weight is 325 g/mol. The first-order chi connectivity index (χ1) is 10.2. The van der Waals surface area contributed by atoms with Crippen LogP contribution in [-0.4, -0.2) is 51.0 Å². The number of benzene rings is 1. The number of hydrogen-bond donors (Lipinski definition) is 1. The van der Waals surface area contributed by atoms with E-state index in [0.717, 1.165) is 4.31 Å². The molecule has 0 aliphatic carbocycles. The lowest BCUT2D eigenvalue weighted by Gasteiger charge is -2.27. The summed E-state index contributed by atoms with van der Waals surface area (Å²) < 4.78 is 26.7. The van der Waals surface area contributed by atoms with Crippen LogP contribution in [0.3, 0.4) is 0 Å². The SMILES string of the molecule is CC(C(=O)N(C)C)S(=O)(=O)N1CCC(=O)Nc2ccccc21. The maximum Gasteiger partial charge on any atom is 0.246 e. The number of nitrogens with zero attached hydrogens (tertiary/aromatic N) is 2. The Bertz CT molecular complexity index is 700. The third-order valence-corrected chi connectivity index (χ3v) is 5.62. The van der Waals surface area contributed by atoms with Crippen molar-refractivity contribution in [3.05, 3.63) is 24.3 Å². The Morgan fingerprint density at radius 3 is 2.59 bits per heavy atom. The number of amides is 2. The smallest absolute Gasteiger partial charge is 0.246 e. The molecule has 7 nitrogen and oxygen atoms in total. The molecule has 1 N–H and O–H groups in total. The highest BCUT2D eigenvalue weighted by Gasteiger charge is 2.37. The maximum atomic E-state index is 12.8. The zero-order valence-corrected chi connectivity index (χ0v) is 13.6. The van der Waals surface area contributed by atoms with E-state index < -0.39 is 21.2 Å². The van der Waals surface area contributed by atoms with Crippen LogP contribution in [-0.2, 0) is 19.6 Å². The van der Waals surface area contributed by atoms with Crippen LogP contribution in [0.2, 0.25) is 0 Å². The number of carbonyl (C=O) groups excluding carboxylic acids is 2. The van der Waals surface area contributed by atoms with Crippen molar-refractivity contribution in [2.75, 3.05) is 30.3 Å². The Balaban J connectivity index is 2.47. The van der Waals surface area contributed by atoms with Crippen LogP contribution in [0.25, 0.3) is 0 Å². The molecule has 120 valence electrons. The molecule has 0 bridgehead atoms. The summed E-state index contributed by atoms with van der Waals surface area (Å²) in [6.45, 7) is 1.37. The van der Waals surface area contributed by atoms with Gasteiger partial charge in [-0.05, 0) is 19.1 Å². The molecular formula is C14H19N3O4S. The molecule has 1 heterocycles. The van der Waals surface area contributed by atoms with E-state index in [1.54, 1.807) is 24.3 Å². The van der Waals surface area contributed by atoms with E-state index in [4.69, 9.17) is 0 Å². The van der Waals surface area contributed by atoms with Gasteiger partial charge in [-0.3, -0.25) is 13.9 Å². The first kappa shape index (κ1) is 16.3. The van der Waals surface area contributed by atoms with E-state index in [1.807, 2.05) is 0 Å². The highest BCUT2D eigenvalue weighted by atomic mass is 32.2. The zero-order valence-electron chi connectivity index (χ0n) is 12.7. The van der Waals surface area contributed by atoms with Crippen molar-refractivity contribution in [2.45, 2.75) is 18.6 Å². The average Bonchev–Trinajstić information content (AvgIpc) is 2.63. The minimum Gasteiger partial charge on any atom is -0.348 e. The Hall–Kier alpha value is -2.09. The summed E-state index contributed by atoms with van der Waals surface area (Å²) in [6.07, 6.45) is 0.0385. The van der Waals surface area contributed by atoms with Gasteiger partial charge in [0, 0.05) is 27.1 Å². The normalized spacial score (nSPS) is 16.3. The Morgan fingerprint density at radius 2 is 1.95 bits per heavy atom. The molecule has 1 atom stereocenters. The number of fused-ring (bicyclic) bond motifs is 1. The Labute approximate surface area is 129 Å². The topological polar surface area (TPSA) is 86.8 Å². The summed E-state index contributed by atoms with van der Waals surface area (Å²) >= 11 is 0. The molecule has 1 aromatic carbocycles. The van der Waals surface area contributed by atoms with E-state index in [0.29, 0.717) is 11.4 Å². The van der Waals surface area contributed by atoms with Gasteiger partial charge in [0.25, 0.3) is 0 Å². The van der Waals surface area contributed by atoms with Gasteiger partial charge in [0.05, 0.1) is 11.4 Å². The molecule has 0 saturated heterocycles. The van der Waals surface area contributed by atoms with Gasteiger partial charge in [0.15, 0.2) is 5.25 Å². The first-order valence-corrected chi connectivity index (χ1v) is 8.37. The molecule has 22 heavy (non-hydrogen) atoms. The van der Waals surface area contributed by atoms with Gasteiger partial charge >= 0.3 is 0 Å². The molecule has 1 aliphatic heterocycles. The molecule has 1 aromatic rings. The minimum atomic E-state index is -3.92. The van der Waals surface area contributed by atoms with Crippen LogP contribution in [0.15, 0.2) is 24.3 Å². The molecule has 1 unspecified atom stereocenters. The lowest BCUT2D eigenvalue weighted by Crippen LogP contribution is -2.45. The molecule has 1 aliphatic rings. The molecule has 2 amide bonds. The number of nitrogens with one attached hydrogen (secondary N) is 1. The summed E-state index contributed by atoms with van der Waals surface area (Å²) in [4.78, 5) is 25.0. The van der Waals surface area contributed by atoms with Crippen LogP contribution in [0.4, 0.5) is 11.4 Å². The highest BCUT2D eigenvalue weighted by molar-refractivity contribution is 7.94. The fourth-order valence-electron chi connectivity index (χ4n) is 2.28. The second-order valence-electron chi connectivity index (χ2n) is 5.31. The van der Waals surface area contributed by atoms with Crippen LogP contribution < -0.4 is 9.62 Å². The standard InChI is InChI=1S/C14H19N3O4S/c1-10(14(19)16(2)3)22(20,21)17-9-8-13(18)15-11-6-4-5-7-12(11)17/h4-7,10H,8-9H2,1-3H3,(H,15,18). The number of rotatable bonds is 3. The third-order valence-electron chi connectivity index (χ3n) is 3.53. The van der Waals surface area contributed by atoms with Crippen molar-refractivity contribution in [2.24, 2.45) is 0 Å². The predicted molar refractivity (Wildman–Crippen MR) is 84.1 cm³/mol. The molecule has 8 heteroatoms. The van der Waals surface area contributed by atoms with E-state index in [9.17, 15) is 18.0 Å². The number of carbonyl (C=O) groups is 2. The van der Waals surface area contributed by atoms with Crippen molar-refractivity contribution in [3.63, 3.8) is 0 Å². The van der Waals surface area contributed by atoms with Crippen molar-refractivity contribution < 1.29 is 18.0 Å². The predicted octanol–water partition coefficient (Wildman–Crippen LogP) is 0.642. The largest absolute Gasteiger partial charge is 0.348 e. The van der Waals surface area contributed by atoms with E-state index >= 15 is 0 Å². The summed E-state index contributed by atoms with van der Waals surface area (Å²) in [6, 6.07) is 6.66. The summed E-state index contributed by atoms with van der Waals surface area (Å²) in [5, 5.41) is 1.46. The van der Waals surface area contributed by atoms with Crippen molar-refractivity contribution >= 4 is 33.2 Å². The van der Waals surface area contributed by atoms with E-state index in [1.165, 1.54) is 25.9 Å². The van der Waals surface area contributed by atoms with Crippen molar-refractivity contribution in [1.82, 2.24) is 4.90 Å². The van der Waals surface area contributed by atoms with Gasteiger partial charge in [0.1, 0.15) is 0 Å². The third kappa shape index (κ3) is 2.92. The van der Waals surface area contributed by atoms with Gasteiger partial charge in [-0.2, -0.15) is 0 Å². The fraction of sp³-hybridized carbons (Fsp3) is 0.429. The van der Waals surface area contributed by atoms with E-state index in [-0.39, 0.29) is 18.9 Å². The fourth-order valence-corrected chi connectivity index (χ4v) is 3.91. The number of sulfonamides is 1. The molecule has 0 fully saturated rings. The second-order valence-corrected chi connectivity index (χ2v) is 7.49. The van der Waals surface area contributed by atoms with Crippen molar-refractivity contribution in [1.29, 1.82) is 0 Å². The number of anilines is 2. The molecule has 2 rings (SSSR count). The van der Waals surface area contributed by atoms with Crippen molar-refractivity contribution in [3.8, 4) is 0 Å². The Kier molecular flexibility index (Phi) is 4.41. The van der Waals surface area contributed by atoms with Gasteiger partial charge < -0.3 is 10.2 Å². The molecular weight excluding hydrogens is 306 g/mol. The molecule has 0 saturated carbocycles. The van der Waals surface area contributed by atoms with E-state index in [2.05, 4.69) is 5.32 Å². The number of hydrogen-bond acceptors (Lipinski definition) is 4. The Morgan fingerprint density at radius 1 is 1.32 bits per heavy atom. The second kappa shape index (κ2) is 5.96. The van der Waals surface area contributed by atoms with Crippen LogP contribution in [0.5, 0.6) is 0 Å². The van der Waals surface area contributed by atoms with Gasteiger partial charge in [-0.1, -0.05) is 12.1 Å². The lowest BCUT2D eigenvalue weighted by atomic mass is 10.2. The molecule has 0 aromatic heterocycles. The lowest BCUT2D eigenvalue weighted by molar-refractivity contribution is -0.127. The van der Waals surface area contributed by atoms with Gasteiger partial charge in [-0.25, -0.2) is 8.42 Å². The zero-order chi connectivity index (χ0) is 16.5. The molecule has 0 radical (unpaired) electrons. The van der Waals surface area contributed by atoms with Crippen LogP contribution in [0, 0.1) is 0 Å². The molecule has 0 spiro atoms.